The van der Waals surface area contributed by atoms with Crippen molar-refractivity contribution in [2.24, 2.45) is 5.84 Å². The van der Waals surface area contributed by atoms with Crippen LogP contribution in [-0.2, 0) is 4.79 Å². The summed E-state index contributed by atoms with van der Waals surface area (Å²) in [5.74, 6) is 4.84. The first-order valence-electron chi connectivity index (χ1n) is 6.97. The van der Waals surface area contributed by atoms with Crippen LogP contribution in [0.5, 0.6) is 0 Å². The van der Waals surface area contributed by atoms with Crippen LogP contribution in [0.25, 0.3) is 0 Å². The maximum atomic E-state index is 11.5. The standard InChI is InChI=1S/C15H22N2O2/c16-17-15(19)14(10-18)13-8-6-12(7-9-13)11-4-2-1-3-5-11/h6-9,11,14,18H,1-5,10,16H2,(H,17,19). The molecule has 1 aromatic carbocycles. The maximum Gasteiger partial charge on any atom is 0.243 e. The molecular weight excluding hydrogens is 240 g/mol. The van der Waals surface area contributed by atoms with Crippen molar-refractivity contribution in [1.82, 2.24) is 5.43 Å². The Labute approximate surface area is 114 Å². The number of aliphatic hydroxyl groups excluding tert-OH is 1. The summed E-state index contributed by atoms with van der Waals surface area (Å²) in [7, 11) is 0. The summed E-state index contributed by atoms with van der Waals surface area (Å²) in [6.45, 7) is -0.230. The van der Waals surface area contributed by atoms with Crippen LogP contribution in [0.3, 0.4) is 0 Å². The number of nitrogens with two attached hydrogens (primary N) is 1. The number of rotatable bonds is 4. The smallest absolute Gasteiger partial charge is 0.243 e. The Balaban J connectivity index is 2.10. The summed E-state index contributed by atoms with van der Waals surface area (Å²) in [6, 6.07) is 8.02. The second kappa shape index (κ2) is 6.68. The van der Waals surface area contributed by atoms with Gasteiger partial charge in [0.15, 0.2) is 0 Å². The van der Waals surface area contributed by atoms with E-state index in [1.807, 2.05) is 12.1 Å². The second-order valence-corrected chi connectivity index (χ2v) is 5.25. The van der Waals surface area contributed by atoms with Crippen molar-refractivity contribution in [3.63, 3.8) is 0 Å². The van der Waals surface area contributed by atoms with Crippen molar-refractivity contribution >= 4 is 5.91 Å². The lowest BCUT2D eigenvalue weighted by Gasteiger charge is -2.22. The first-order valence-corrected chi connectivity index (χ1v) is 6.97. The number of hydrogen-bond donors (Lipinski definition) is 3. The van der Waals surface area contributed by atoms with Gasteiger partial charge >= 0.3 is 0 Å². The van der Waals surface area contributed by atoms with E-state index in [1.54, 1.807) is 0 Å². The highest BCUT2D eigenvalue weighted by molar-refractivity contribution is 5.83. The zero-order valence-corrected chi connectivity index (χ0v) is 11.1. The molecular formula is C15H22N2O2. The summed E-state index contributed by atoms with van der Waals surface area (Å²) < 4.78 is 0. The molecule has 104 valence electrons. The van der Waals surface area contributed by atoms with Crippen molar-refractivity contribution in [1.29, 1.82) is 0 Å². The van der Waals surface area contributed by atoms with Gasteiger partial charge in [0.1, 0.15) is 0 Å². The lowest BCUT2D eigenvalue weighted by Crippen LogP contribution is -2.36. The van der Waals surface area contributed by atoms with Crippen LogP contribution >= 0.6 is 0 Å². The van der Waals surface area contributed by atoms with Crippen LogP contribution in [0.15, 0.2) is 24.3 Å². The van der Waals surface area contributed by atoms with E-state index < -0.39 is 5.92 Å². The molecule has 4 heteroatoms. The van der Waals surface area contributed by atoms with Gasteiger partial charge in [0, 0.05) is 0 Å². The molecule has 2 rings (SSSR count). The van der Waals surface area contributed by atoms with E-state index in [4.69, 9.17) is 5.84 Å². The lowest BCUT2D eigenvalue weighted by atomic mass is 9.83. The van der Waals surface area contributed by atoms with E-state index in [1.165, 1.54) is 37.7 Å². The topological polar surface area (TPSA) is 75.3 Å². The molecule has 1 aliphatic rings. The fraction of sp³-hybridized carbons (Fsp3) is 0.533. The Bertz CT molecular complexity index is 411. The van der Waals surface area contributed by atoms with E-state index in [-0.39, 0.29) is 12.5 Å². The van der Waals surface area contributed by atoms with Gasteiger partial charge in [0.25, 0.3) is 0 Å². The third-order valence-electron chi connectivity index (χ3n) is 4.06. The lowest BCUT2D eigenvalue weighted by molar-refractivity contribution is -0.123. The molecule has 1 aromatic rings. The van der Waals surface area contributed by atoms with Crippen LogP contribution in [0.1, 0.15) is 55.1 Å². The predicted octanol–water partition coefficient (Wildman–Crippen LogP) is 1.80. The van der Waals surface area contributed by atoms with E-state index in [0.717, 1.165) is 5.56 Å². The SMILES string of the molecule is NNC(=O)C(CO)c1ccc(C2CCCCC2)cc1. The Kier molecular flexibility index (Phi) is 4.93. The molecule has 0 radical (unpaired) electrons. The molecule has 0 aromatic heterocycles. The van der Waals surface area contributed by atoms with Crippen LogP contribution < -0.4 is 11.3 Å². The molecule has 1 aliphatic carbocycles. The van der Waals surface area contributed by atoms with Crippen molar-refractivity contribution < 1.29 is 9.90 Å². The van der Waals surface area contributed by atoms with Crippen molar-refractivity contribution in [3.05, 3.63) is 35.4 Å². The molecule has 4 nitrogen and oxygen atoms in total. The van der Waals surface area contributed by atoms with Gasteiger partial charge in [-0.1, -0.05) is 43.5 Å². The van der Waals surface area contributed by atoms with Crippen LogP contribution in [0.4, 0.5) is 0 Å². The number of carbonyl (C=O) groups excluding carboxylic acids is 1. The molecule has 0 saturated heterocycles. The van der Waals surface area contributed by atoms with E-state index >= 15 is 0 Å². The fourth-order valence-corrected chi connectivity index (χ4v) is 2.88. The number of carbonyl (C=O) groups is 1. The van der Waals surface area contributed by atoms with Crippen LogP contribution in [0.2, 0.25) is 0 Å². The van der Waals surface area contributed by atoms with E-state index in [2.05, 4.69) is 17.6 Å². The zero-order valence-electron chi connectivity index (χ0n) is 11.1. The number of amides is 1. The monoisotopic (exact) mass is 262 g/mol. The molecule has 4 N–H and O–H groups in total. The molecule has 1 atom stereocenters. The highest BCUT2D eigenvalue weighted by atomic mass is 16.3. The first-order chi connectivity index (χ1) is 9.26. The Morgan fingerprint density at radius 1 is 1.26 bits per heavy atom. The van der Waals surface area contributed by atoms with Gasteiger partial charge in [-0.25, -0.2) is 5.84 Å². The fourth-order valence-electron chi connectivity index (χ4n) is 2.88. The quantitative estimate of drug-likeness (QED) is 0.440. The van der Waals surface area contributed by atoms with Crippen molar-refractivity contribution in [2.75, 3.05) is 6.61 Å². The van der Waals surface area contributed by atoms with Crippen LogP contribution in [-0.4, -0.2) is 17.6 Å². The van der Waals surface area contributed by atoms with Gasteiger partial charge in [-0.05, 0) is 29.9 Å². The third kappa shape index (κ3) is 3.33. The minimum absolute atomic E-state index is 0.230. The maximum absolute atomic E-state index is 11.5. The third-order valence-corrected chi connectivity index (χ3v) is 4.06. The number of nitrogens with one attached hydrogen (secondary N) is 1. The zero-order chi connectivity index (χ0) is 13.7. The summed E-state index contributed by atoms with van der Waals surface area (Å²) in [5.41, 5.74) is 4.24. The van der Waals surface area contributed by atoms with E-state index in [9.17, 15) is 9.90 Å². The second-order valence-electron chi connectivity index (χ2n) is 5.25. The molecule has 0 spiro atoms. The number of benzene rings is 1. The summed E-state index contributed by atoms with van der Waals surface area (Å²) in [5, 5.41) is 9.28. The van der Waals surface area contributed by atoms with Gasteiger partial charge in [0.05, 0.1) is 12.5 Å². The Morgan fingerprint density at radius 2 is 1.89 bits per heavy atom. The van der Waals surface area contributed by atoms with Gasteiger partial charge in [-0.15, -0.1) is 0 Å². The van der Waals surface area contributed by atoms with E-state index in [0.29, 0.717) is 5.92 Å². The Hall–Kier alpha value is -1.39. The number of hydrogen-bond acceptors (Lipinski definition) is 3. The minimum atomic E-state index is -0.578. The van der Waals surface area contributed by atoms with Crippen molar-refractivity contribution in [2.45, 2.75) is 43.9 Å². The summed E-state index contributed by atoms with van der Waals surface area (Å²) in [6.07, 6.45) is 6.47. The molecule has 0 heterocycles. The Morgan fingerprint density at radius 3 is 2.42 bits per heavy atom. The first kappa shape index (κ1) is 14.0. The highest BCUT2D eigenvalue weighted by Crippen LogP contribution is 2.33. The van der Waals surface area contributed by atoms with Crippen LogP contribution in [0, 0.1) is 0 Å². The molecule has 1 fully saturated rings. The van der Waals surface area contributed by atoms with Gasteiger partial charge in [-0.2, -0.15) is 0 Å². The minimum Gasteiger partial charge on any atom is -0.395 e. The summed E-state index contributed by atoms with van der Waals surface area (Å²) >= 11 is 0. The normalized spacial score (nSPS) is 18.0. The van der Waals surface area contributed by atoms with Gasteiger partial charge in [0.2, 0.25) is 5.91 Å². The molecule has 1 unspecified atom stereocenters. The summed E-state index contributed by atoms with van der Waals surface area (Å²) in [4.78, 5) is 11.5. The molecule has 0 bridgehead atoms. The number of hydrazine groups is 1. The van der Waals surface area contributed by atoms with Gasteiger partial charge in [-0.3, -0.25) is 10.2 Å². The molecule has 19 heavy (non-hydrogen) atoms. The average Bonchev–Trinajstić information content (AvgIpc) is 2.49. The molecule has 1 saturated carbocycles. The van der Waals surface area contributed by atoms with Gasteiger partial charge < -0.3 is 5.11 Å². The highest BCUT2D eigenvalue weighted by Gasteiger charge is 2.20. The predicted molar refractivity (Wildman–Crippen MR) is 74.4 cm³/mol. The average molecular weight is 262 g/mol. The molecule has 1 amide bonds. The number of aliphatic hydroxyl groups is 1. The van der Waals surface area contributed by atoms with Crippen molar-refractivity contribution in [3.8, 4) is 0 Å². The molecule has 0 aliphatic heterocycles. The largest absolute Gasteiger partial charge is 0.395 e.